The van der Waals surface area contributed by atoms with Crippen molar-refractivity contribution in [3.63, 3.8) is 0 Å². The Balaban J connectivity index is 1.57. The second-order valence-corrected chi connectivity index (χ2v) is 6.95. The fourth-order valence-electron chi connectivity index (χ4n) is 2.71. The van der Waals surface area contributed by atoms with Crippen molar-refractivity contribution >= 4 is 28.4 Å². The molecule has 0 bridgehead atoms. The van der Waals surface area contributed by atoms with Crippen LogP contribution in [-0.2, 0) is 6.42 Å². The lowest BCUT2D eigenvalue weighted by molar-refractivity contribution is 0.414. The van der Waals surface area contributed by atoms with Gasteiger partial charge >= 0.3 is 0 Å². The molecule has 2 heterocycles. The summed E-state index contributed by atoms with van der Waals surface area (Å²) in [6.45, 7) is 2.10. The van der Waals surface area contributed by atoms with Gasteiger partial charge in [-0.2, -0.15) is 9.61 Å². The van der Waals surface area contributed by atoms with Crippen LogP contribution in [0.5, 0.6) is 5.75 Å². The minimum Gasteiger partial charge on any atom is -0.497 e. The van der Waals surface area contributed by atoms with Crippen molar-refractivity contribution in [2.45, 2.75) is 13.3 Å². The zero-order valence-electron chi connectivity index (χ0n) is 14.6. The molecule has 6 heteroatoms. The highest BCUT2D eigenvalue weighted by Crippen LogP contribution is 2.20. The van der Waals surface area contributed by atoms with E-state index in [1.165, 1.54) is 22.5 Å². The summed E-state index contributed by atoms with van der Waals surface area (Å²) < 4.78 is 7.02. The van der Waals surface area contributed by atoms with Gasteiger partial charge in [0.2, 0.25) is 4.96 Å². The summed E-state index contributed by atoms with van der Waals surface area (Å²) >= 11 is 1.53. The van der Waals surface area contributed by atoms with Crippen molar-refractivity contribution in [3.05, 3.63) is 76.1 Å². The van der Waals surface area contributed by atoms with Crippen LogP contribution in [0.4, 0.5) is 0 Å². The van der Waals surface area contributed by atoms with Crippen molar-refractivity contribution in [2.24, 2.45) is 0 Å². The number of ether oxygens (including phenoxy) is 1. The maximum atomic E-state index is 5.20. The maximum absolute atomic E-state index is 5.20. The molecule has 0 fully saturated rings. The molecule has 0 saturated heterocycles. The van der Waals surface area contributed by atoms with E-state index in [2.05, 4.69) is 40.4 Å². The Bertz CT molecular complexity index is 1060. The van der Waals surface area contributed by atoms with E-state index in [1.54, 1.807) is 7.11 Å². The first kappa shape index (κ1) is 16.5. The molecule has 0 N–H and O–H groups in total. The Morgan fingerprint density at radius 2 is 1.85 bits per heavy atom. The smallest absolute Gasteiger partial charge is 0.234 e. The second-order valence-electron chi connectivity index (χ2n) is 5.97. The van der Waals surface area contributed by atoms with Gasteiger partial charge in [0.1, 0.15) is 10.8 Å². The van der Waals surface area contributed by atoms with Crippen LogP contribution in [-0.4, -0.2) is 26.9 Å². The number of benzene rings is 2. The molecule has 4 rings (SSSR count). The largest absolute Gasteiger partial charge is 0.497 e. The Labute approximate surface area is 155 Å². The van der Waals surface area contributed by atoms with Gasteiger partial charge in [0.15, 0.2) is 5.82 Å². The SMILES string of the molecule is COc1ccc(Cc2nnc3sc(C=Cc4ccccc4C)nn23)cc1. The van der Waals surface area contributed by atoms with E-state index >= 15 is 0 Å². The summed E-state index contributed by atoms with van der Waals surface area (Å²) in [6.07, 6.45) is 4.79. The quantitative estimate of drug-likeness (QED) is 0.532. The van der Waals surface area contributed by atoms with Crippen molar-refractivity contribution in [1.82, 2.24) is 19.8 Å². The highest BCUT2D eigenvalue weighted by atomic mass is 32.1. The Hall–Kier alpha value is -2.99. The third kappa shape index (κ3) is 3.36. The molecule has 0 radical (unpaired) electrons. The zero-order valence-corrected chi connectivity index (χ0v) is 15.4. The number of hydrogen-bond acceptors (Lipinski definition) is 5. The number of aromatic nitrogens is 4. The monoisotopic (exact) mass is 362 g/mol. The van der Waals surface area contributed by atoms with E-state index in [0.717, 1.165) is 27.1 Å². The Morgan fingerprint density at radius 1 is 1.04 bits per heavy atom. The molecule has 4 aromatic rings. The molecule has 0 spiro atoms. The molecule has 0 saturated carbocycles. The molecule has 0 atom stereocenters. The van der Waals surface area contributed by atoms with E-state index in [9.17, 15) is 0 Å². The van der Waals surface area contributed by atoms with Crippen LogP contribution < -0.4 is 4.74 Å². The lowest BCUT2D eigenvalue weighted by Gasteiger charge is -2.01. The van der Waals surface area contributed by atoms with Gasteiger partial charge in [-0.25, -0.2) is 0 Å². The first-order chi connectivity index (χ1) is 12.7. The van der Waals surface area contributed by atoms with Crippen LogP contribution >= 0.6 is 11.3 Å². The Kier molecular flexibility index (Phi) is 4.50. The van der Waals surface area contributed by atoms with Gasteiger partial charge in [-0.1, -0.05) is 53.8 Å². The number of rotatable bonds is 5. The first-order valence-electron chi connectivity index (χ1n) is 8.31. The lowest BCUT2D eigenvalue weighted by Crippen LogP contribution is -1.97. The number of fused-ring (bicyclic) bond motifs is 1. The van der Waals surface area contributed by atoms with Crippen molar-refractivity contribution in [2.75, 3.05) is 7.11 Å². The molecule has 2 aromatic carbocycles. The van der Waals surface area contributed by atoms with Gasteiger partial charge in [-0.15, -0.1) is 10.2 Å². The predicted octanol–water partition coefficient (Wildman–Crippen LogP) is 4.26. The third-order valence-electron chi connectivity index (χ3n) is 4.19. The van der Waals surface area contributed by atoms with E-state index in [-0.39, 0.29) is 0 Å². The van der Waals surface area contributed by atoms with Crippen LogP contribution in [0.25, 0.3) is 17.1 Å². The van der Waals surface area contributed by atoms with E-state index in [0.29, 0.717) is 6.42 Å². The fourth-order valence-corrected chi connectivity index (χ4v) is 3.47. The van der Waals surface area contributed by atoms with Crippen LogP contribution in [0.2, 0.25) is 0 Å². The third-order valence-corrected chi connectivity index (χ3v) is 5.05. The van der Waals surface area contributed by atoms with Gasteiger partial charge in [-0.3, -0.25) is 0 Å². The van der Waals surface area contributed by atoms with Crippen LogP contribution in [0, 0.1) is 6.92 Å². The summed E-state index contributed by atoms with van der Waals surface area (Å²) in [5.41, 5.74) is 3.58. The molecule has 26 heavy (non-hydrogen) atoms. The average molecular weight is 362 g/mol. The van der Waals surface area contributed by atoms with Gasteiger partial charge < -0.3 is 4.74 Å². The lowest BCUT2D eigenvalue weighted by atomic mass is 10.1. The summed E-state index contributed by atoms with van der Waals surface area (Å²) in [4.78, 5) is 0.804. The molecule has 2 aromatic heterocycles. The molecule has 0 aliphatic heterocycles. The molecule has 0 aliphatic rings. The zero-order chi connectivity index (χ0) is 17.9. The predicted molar refractivity (Wildman–Crippen MR) is 105 cm³/mol. The number of methoxy groups -OCH3 is 1. The molecule has 0 unspecified atom stereocenters. The van der Waals surface area contributed by atoms with Crippen LogP contribution in [0.1, 0.15) is 27.5 Å². The number of aryl methyl sites for hydroxylation is 1. The summed E-state index contributed by atoms with van der Waals surface area (Å²) in [6, 6.07) is 16.2. The maximum Gasteiger partial charge on any atom is 0.234 e. The van der Waals surface area contributed by atoms with E-state index < -0.39 is 0 Å². The first-order valence-corrected chi connectivity index (χ1v) is 9.12. The normalized spacial score (nSPS) is 11.5. The molecule has 130 valence electrons. The topological polar surface area (TPSA) is 52.3 Å². The van der Waals surface area contributed by atoms with Crippen molar-refractivity contribution < 1.29 is 4.74 Å². The van der Waals surface area contributed by atoms with Gasteiger partial charge in [0.05, 0.1) is 7.11 Å². The minimum atomic E-state index is 0.676. The fraction of sp³-hybridized carbons (Fsp3) is 0.150. The molecular formula is C20H18N4OS. The van der Waals surface area contributed by atoms with E-state index in [4.69, 9.17) is 4.74 Å². The number of nitrogens with zero attached hydrogens (tertiary/aromatic N) is 4. The van der Waals surface area contributed by atoms with Gasteiger partial charge in [0.25, 0.3) is 0 Å². The highest BCUT2D eigenvalue weighted by Gasteiger charge is 2.11. The minimum absolute atomic E-state index is 0.676. The molecular weight excluding hydrogens is 344 g/mol. The average Bonchev–Trinajstić information content (AvgIpc) is 3.23. The van der Waals surface area contributed by atoms with Crippen molar-refractivity contribution in [1.29, 1.82) is 0 Å². The van der Waals surface area contributed by atoms with Crippen molar-refractivity contribution in [3.8, 4) is 5.75 Å². The summed E-state index contributed by atoms with van der Waals surface area (Å²) in [5.74, 6) is 1.68. The summed E-state index contributed by atoms with van der Waals surface area (Å²) in [5, 5.41) is 14.1. The molecule has 5 nitrogen and oxygen atoms in total. The standard InChI is InChI=1S/C20H18N4OS/c1-14-5-3-4-6-16(14)9-12-19-23-24-18(21-22-20(24)26-19)13-15-7-10-17(25-2)11-8-15/h3-12H,13H2,1-2H3. The van der Waals surface area contributed by atoms with Crippen LogP contribution in [0.15, 0.2) is 48.5 Å². The Morgan fingerprint density at radius 3 is 2.62 bits per heavy atom. The highest BCUT2D eigenvalue weighted by molar-refractivity contribution is 7.17. The van der Waals surface area contributed by atoms with Crippen LogP contribution in [0.3, 0.4) is 0 Å². The molecule has 0 amide bonds. The van der Waals surface area contributed by atoms with E-state index in [1.807, 2.05) is 47.0 Å². The second kappa shape index (κ2) is 7.09. The van der Waals surface area contributed by atoms with Gasteiger partial charge in [-0.05, 0) is 41.8 Å². The summed E-state index contributed by atoms with van der Waals surface area (Å²) in [7, 11) is 1.67. The molecule has 0 aliphatic carbocycles. The number of hydrogen-bond donors (Lipinski definition) is 0. The van der Waals surface area contributed by atoms with Gasteiger partial charge in [0, 0.05) is 6.42 Å².